The summed E-state index contributed by atoms with van der Waals surface area (Å²) in [6, 6.07) is 13.8. The van der Waals surface area contributed by atoms with E-state index >= 15 is 0 Å². The molecule has 1 aliphatic heterocycles. The molecule has 1 fully saturated rings. The molecule has 0 atom stereocenters. The van der Waals surface area contributed by atoms with Crippen LogP contribution in [0.25, 0.3) is 0 Å². The minimum absolute atomic E-state index is 0.0732. The average molecular weight is 310 g/mol. The number of carbonyl (C=O) groups excluding carboxylic acids is 1. The van der Waals surface area contributed by atoms with Crippen LogP contribution >= 0.6 is 0 Å². The van der Waals surface area contributed by atoms with Gasteiger partial charge in [-0.3, -0.25) is 4.79 Å². The molecular weight excluding hydrogens is 288 g/mol. The minimum Gasteiger partial charge on any atom is -0.378 e. The lowest BCUT2D eigenvalue weighted by Gasteiger charge is -2.29. The molecule has 3 rings (SSSR count). The van der Waals surface area contributed by atoms with E-state index in [9.17, 15) is 4.79 Å². The number of ether oxygens (including phenoxy) is 1. The zero-order valence-electron chi connectivity index (χ0n) is 13.6. The number of morpholine rings is 1. The highest BCUT2D eigenvalue weighted by Crippen LogP contribution is 2.24. The predicted molar refractivity (Wildman–Crippen MR) is 93.3 cm³/mol. The molecule has 0 saturated carbocycles. The maximum absolute atomic E-state index is 12.5. The maximum Gasteiger partial charge on any atom is 0.255 e. The number of anilines is 2. The van der Waals surface area contributed by atoms with Gasteiger partial charge < -0.3 is 15.0 Å². The van der Waals surface area contributed by atoms with Gasteiger partial charge in [0.15, 0.2) is 0 Å². The Hall–Kier alpha value is -2.33. The van der Waals surface area contributed by atoms with E-state index < -0.39 is 0 Å². The van der Waals surface area contributed by atoms with Crippen LogP contribution in [0.2, 0.25) is 0 Å². The fourth-order valence-electron chi connectivity index (χ4n) is 2.74. The number of aryl methyl sites for hydroxylation is 2. The number of nitrogens with zero attached hydrogens (tertiary/aromatic N) is 1. The summed E-state index contributed by atoms with van der Waals surface area (Å²) in [5.74, 6) is -0.0732. The van der Waals surface area contributed by atoms with Gasteiger partial charge in [-0.15, -0.1) is 0 Å². The van der Waals surface area contributed by atoms with Crippen LogP contribution in [0.3, 0.4) is 0 Å². The zero-order chi connectivity index (χ0) is 16.2. The van der Waals surface area contributed by atoms with E-state index in [4.69, 9.17) is 4.74 Å². The quantitative estimate of drug-likeness (QED) is 0.945. The molecule has 4 nitrogen and oxygen atoms in total. The molecule has 23 heavy (non-hydrogen) atoms. The predicted octanol–water partition coefficient (Wildman–Crippen LogP) is 3.39. The Morgan fingerprint density at radius 3 is 2.61 bits per heavy atom. The normalized spacial score (nSPS) is 14.6. The smallest absolute Gasteiger partial charge is 0.255 e. The SMILES string of the molecule is Cc1cccc(C(=O)Nc2cc(N3CCOCC3)ccc2C)c1. The Kier molecular flexibility index (Phi) is 4.63. The molecule has 0 unspecified atom stereocenters. The molecule has 1 amide bonds. The lowest BCUT2D eigenvalue weighted by Crippen LogP contribution is -2.36. The van der Waals surface area contributed by atoms with Gasteiger partial charge in [0.25, 0.3) is 5.91 Å². The van der Waals surface area contributed by atoms with Crippen LogP contribution in [0.1, 0.15) is 21.5 Å². The van der Waals surface area contributed by atoms with Crippen LogP contribution in [-0.4, -0.2) is 32.2 Å². The first-order valence-electron chi connectivity index (χ1n) is 7.95. The Bertz CT molecular complexity index is 706. The summed E-state index contributed by atoms with van der Waals surface area (Å²) in [7, 11) is 0. The lowest BCUT2D eigenvalue weighted by atomic mass is 10.1. The molecule has 0 radical (unpaired) electrons. The van der Waals surface area contributed by atoms with Crippen LogP contribution < -0.4 is 10.2 Å². The maximum atomic E-state index is 12.5. The van der Waals surface area contributed by atoms with Crippen LogP contribution in [0.5, 0.6) is 0 Å². The first-order chi connectivity index (χ1) is 11.1. The van der Waals surface area contributed by atoms with E-state index in [1.54, 1.807) is 0 Å². The number of benzene rings is 2. The van der Waals surface area contributed by atoms with Crippen molar-refractivity contribution in [3.8, 4) is 0 Å². The van der Waals surface area contributed by atoms with E-state index in [0.29, 0.717) is 5.56 Å². The van der Waals surface area contributed by atoms with E-state index in [2.05, 4.69) is 22.3 Å². The van der Waals surface area contributed by atoms with E-state index in [-0.39, 0.29) is 5.91 Å². The van der Waals surface area contributed by atoms with Crippen molar-refractivity contribution in [1.29, 1.82) is 0 Å². The summed E-state index contributed by atoms with van der Waals surface area (Å²) in [5.41, 5.74) is 4.81. The molecule has 120 valence electrons. The van der Waals surface area contributed by atoms with E-state index in [1.165, 1.54) is 0 Å². The third-order valence-corrected chi connectivity index (χ3v) is 4.13. The van der Waals surface area contributed by atoms with Gasteiger partial charge in [-0.2, -0.15) is 0 Å². The summed E-state index contributed by atoms with van der Waals surface area (Å²) >= 11 is 0. The fraction of sp³-hybridized carbons (Fsp3) is 0.316. The molecular formula is C19H22N2O2. The second-order valence-electron chi connectivity index (χ2n) is 5.92. The first kappa shape index (κ1) is 15.6. The molecule has 4 heteroatoms. The van der Waals surface area contributed by atoms with Gasteiger partial charge in [-0.25, -0.2) is 0 Å². The Morgan fingerprint density at radius 1 is 1.09 bits per heavy atom. The third kappa shape index (κ3) is 3.71. The van der Waals surface area contributed by atoms with Crippen molar-refractivity contribution in [2.75, 3.05) is 36.5 Å². The Labute approximate surface area is 137 Å². The number of nitrogens with one attached hydrogen (secondary N) is 1. The zero-order valence-corrected chi connectivity index (χ0v) is 13.6. The fourth-order valence-corrected chi connectivity index (χ4v) is 2.74. The van der Waals surface area contributed by atoms with E-state index in [1.807, 2.05) is 44.2 Å². The minimum atomic E-state index is -0.0732. The van der Waals surface area contributed by atoms with Gasteiger partial charge in [0.05, 0.1) is 13.2 Å². The summed E-state index contributed by atoms with van der Waals surface area (Å²) < 4.78 is 5.40. The van der Waals surface area contributed by atoms with Crippen molar-refractivity contribution in [1.82, 2.24) is 0 Å². The summed E-state index contributed by atoms with van der Waals surface area (Å²) in [6.45, 7) is 7.26. The highest BCUT2D eigenvalue weighted by molar-refractivity contribution is 6.05. The molecule has 1 aliphatic rings. The van der Waals surface area contributed by atoms with Crippen LogP contribution in [0, 0.1) is 13.8 Å². The number of hydrogen-bond acceptors (Lipinski definition) is 3. The molecule has 1 N–H and O–H groups in total. The van der Waals surface area contributed by atoms with Crippen molar-refractivity contribution in [3.05, 3.63) is 59.2 Å². The average Bonchev–Trinajstić information content (AvgIpc) is 2.57. The largest absolute Gasteiger partial charge is 0.378 e. The molecule has 0 aromatic heterocycles. The van der Waals surface area contributed by atoms with Crippen molar-refractivity contribution in [3.63, 3.8) is 0 Å². The lowest BCUT2D eigenvalue weighted by molar-refractivity contribution is 0.102. The molecule has 0 bridgehead atoms. The monoisotopic (exact) mass is 310 g/mol. The summed E-state index contributed by atoms with van der Waals surface area (Å²) in [5, 5.41) is 3.04. The summed E-state index contributed by atoms with van der Waals surface area (Å²) in [6.07, 6.45) is 0. The molecule has 1 heterocycles. The molecule has 1 saturated heterocycles. The standard InChI is InChI=1S/C19H22N2O2/c1-14-4-3-5-16(12-14)19(22)20-18-13-17(7-6-15(18)2)21-8-10-23-11-9-21/h3-7,12-13H,8-11H2,1-2H3,(H,20,22). The Morgan fingerprint density at radius 2 is 1.87 bits per heavy atom. The topological polar surface area (TPSA) is 41.6 Å². The highest BCUT2D eigenvalue weighted by atomic mass is 16.5. The van der Waals surface area contributed by atoms with Crippen LogP contribution in [0.4, 0.5) is 11.4 Å². The van der Waals surface area contributed by atoms with Gasteiger partial charge in [-0.05, 0) is 43.7 Å². The van der Waals surface area contributed by atoms with Gasteiger partial charge >= 0.3 is 0 Å². The molecule has 0 aliphatic carbocycles. The highest BCUT2D eigenvalue weighted by Gasteiger charge is 2.14. The van der Waals surface area contributed by atoms with Crippen LogP contribution in [0.15, 0.2) is 42.5 Å². The number of hydrogen-bond donors (Lipinski definition) is 1. The second kappa shape index (κ2) is 6.84. The van der Waals surface area contributed by atoms with Gasteiger partial charge in [0.2, 0.25) is 0 Å². The van der Waals surface area contributed by atoms with Crippen molar-refractivity contribution in [2.24, 2.45) is 0 Å². The van der Waals surface area contributed by atoms with Gasteiger partial charge in [-0.1, -0.05) is 23.8 Å². The first-order valence-corrected chi connectivity index (χ1v) is 7.95. The third-order valence-electron chi connectivity index (χ3n) is 4.13. The summed E-state index contributed by atoms with van der Waals surface area (Å²) in [4.78, 5) is 14.7. The number of amides is 1. The van der Waals surface area contributed by atoms with Crippen molar-refractivity contribution < 1.29 is 9.53 Å². The Balaban J connectivity index is 1.80. The molecule has 2 aromatic carbocycles. The molecule has 0 spiro atoms. The number of rotatable bonds is 3. The van der Waals surface area contributed by atoms with Gasteiger partial charge in [0, 0.05) is 30.0 Å². The van der Waals surface area contributed by atoms with Crippen LogP contribution in [-0.2, 0) is 4.74 Å². The van der Waals surface area contributed by atoms with Crippen molar-refractivity contribution in [2.45, 2.75) is 13.8 Å². The molecule has 2 aromatic rings. The van der Waals surface area contributed by atoms with Crippen molar-refractivity contribution >= 4 is 17.3 Å². The van der Waals surface area contributed by atoms with E-state index in [0.717, 1.165) is 48.8 Å². The number of carbonyl (C=O) groups is 1. The van der Waals surface area contributed by atoms with Gasteiger partial charge in [0.1, 0.15) is 0 Å². The second-order valence-corrected chi connectivity index (χ2v) is 5.92.